The van der Waals surface area contributed by atoms with Gasteiger partial charge in [0.15, 0.2) is 0 Å². The van der Waals surface area contributed by atoms with Gasteiger partial charge in [0.25, 0.3) is 0 Å². The van der Waals surface area contributed by atoms with Gasteiger partial charge in [-0.05, 0) is 56.0 Å². The standard InChI is InChI=1S/C17H21F2N3/c18-16-9-15(10-17(19)11-16)8-14-2-6-21(12-14)4-1-5-22-7-3-20-13-22/h3,7,9-11,13-14H,1-2,4-6,8,12H2. The Bertz CT molecular complexity index is 578. The quantitative estimate of drug-likeness (QED) is 0.817. The minimum absolute atomic E-state index is 0.481. The fourth-order valence-corrected chi connectivity index (χ4v) is 3.24. The molecule has 22 heavy (non-hydrogen) atoms. The number of hydrogen-bond acceptors (Lipinski definition) is 2. The molecule has 2 heterocycles. The third kappa shape index (κ3) is 4.13. The number of imidazole rings is 1. The lowest BCUT2D eigenvalue weighted by Gasteiger charge is -2.16. The average molecular weight is 305 g/mol. The van der Waals surface area contributed by atoms with Gasteiger partial charge in [0.2, 0.25) is 0 Å². The number of aromatic nitrogens is 2. The van der Waals surface area contributed by atoms with Crippen molar-refractivity contribution in [2.75, 3.05) is 19.6 Å². The fraction of sp³-hybridized carbons (Fsp3) is 0.471. The summed E-state index contributed by atoms with van der Waals surface area (Å²) in [6.07, 6.45) is 8.56. The monoisotopic (exact) mass is 305 g/mol. The van der Waals surface area contributed by atoms with E-state index < -0.39 is 11.6 Å². The second-order valence-electron chi connectivity index (χ2n) is 6.09. The first kappa shape index (κ1) is 15.2. The molecule has 0 spiro atoms. The fourth-order valence-electron chi connectivity index (χ4n) is 3.24. The van der Waals surface area contributed by atoms with Crippen LogP contribution in [0, 0.1) is 17.6 Å². The Balaban J connectivity index is 1.43. The molecule has 3 nitrogen and oxygen atoms in total. The van der Waals surface area contributed by atoms with E-state index in [-0.39, 0.29) is 0 Å². The van der Waals surface area contributed by atoms with Gasteiger partial charge in [-0.3, -0.25) is 0 Å². The number of benzene rings is 1. The van der Waals surface area contributed by atoms with Crippen LogP contribution in [0.5, 0.6) is 0 Å². The van der Waals surface area contributed by atoms with Crippen LogP contribution < -0.4 is 0 Å². The molecule has 118 valence electrons. The van der Waals surface area contributed by atoms with E-state index in [0.29, 0.717) is 5.92 Å². The van der Waals surface area contributed by atoms with E-state index in [9.17, 15) is 8.78 Å². The van der Waals surface area contributed by atoms with Crippen LogP contribution in [0.15, 0.2) is 36.9 Å². The Morgan fingerprint density at radius 2 is 1.95 bits per heavy atom. The highest BCUT2D eigenvalue weighted by molar-refractivity contribution is 5.18. The molecule has 1 atom stereocenters. The van der Waals surface area contributed by atoms with Crippen LogP contribution in [-0.4, -0.2) is 34.1 Å². The topological polar surface area (TPSA) is 21.1 Å². The molecule has 1 saturated heterocycles. The molecule has 3 rings (SSSR count). The molecular formula is C17H21F2N3. The molecule has 0 saturated carbocycles. The van der Waals surface area contributed by atoms with Crippen LogP contribution in [0.3, 0.4) is 0 Å². The highest BCUT2D eigenvalue weighted by Crippen LogP contribution is 2.22. The average Bonchev–Trinajstić information content (AvgIpc) is 3.10. The molecule has 0 amide bonds. The predicted molar refractivity (Wildman–Crippen MR) is 81.5 cm³/mol. The summed E-state index contributed by atoms with van der Waals surface area (Å²) in [4.78, 5) is 6.48. The zero-order chi connectivity index (χ0) is 15.4. The van der Waals surface area contributed by atoms with E-state index in [1.54, 1.807) is 6.20 Å². The van der Waals surface area contributed by atoms with Gasteiger partial charge in [-0.15, -0.1) is 0 Å². The first-order chi connectivity index (χ1) is 10.7. The van der Waals surface area contributed by atoms with Gasteiger partial charge in [-0.2, -0.15) is 0 Å². The van der Waals surface area contributed by atoms with Crippen LogP contribution in [0.2, 0.25) is 0 Å². The van der Waals surface area contributed by atoms with Gasteiger partial charge in [0.1, 0.15) is 11.6 Å². The van der Waals surface area contributed by atoms with Crippen molar-refractivity contribution in [1.82, 2.24) is 14.5 Å². The zero-order valence-corrected chi connectivity index (χ0v) is 12.6. The zero-order valence-electron chi connectivity index (χ0n) is 12.6. The van der Waals surface area contributed by atoms with E-state index in [4.69, 9.17) is 0 Å². The van der Waals surface area contributed by atoms with E-state index in [1.165, 1.54) is 12.1 Å². The van der Waals surface area contributed by atoms with Crippen molar-refractivity contribution < 1.29 is 8.78 Å². The van der Waals surface area contributed by atoms with Gasteiger partial charge in [0.05, 0.1) is 6.33 Å². The Hall–Kier alpha value is -1.75. The van der Waals surface area contributed by atoms with Gasteiger partial charge >= 0.3 is 0 Å². The van der Waals surface area contributed by atoms with E-state index >= 15 is 0 Å². The molecule has 0 aliphatic carbocycles. The SMILES string of the molecule is Fc1cc(F)cc(CC2CCN(CCCn3ccnc3)C2)c1. The summed E-state index contributed by atoms with van der Waals surface area (Å²) in [6.45, 7) is 4.14. The molecule has 0 bridgehead atoms. The molecule has 0 radical (unpaired) electrons. The molecule has 1 aromatic heterocycles. The summed E-state index contributed by atoms with van der Waals surface area (Å²) in [5.41, 5.74) is 0.766. The molecule has 1 aromatic carbocycles. The van der Waals surface area contributed by atoms with E-state index in [0.717, 1.165) is 57.1 Å². The number of rotatable bonds is 6. The largest absolute Gasteiger partial charge is 0.337 e. The maximum atomic E-state index is 13.2. The third-order valence-corrected chi connectivity index (χ3v) is 4.27. The molecule has 1 unspecified atom stereocenters. The molecule has 1 aliphatic rings. The van der Waals surface area contributed by atoms with Gasteiger partial charge in [-0.25, -0.2) is 13.8 Å². The summed E-state index contributed by atoms with van der Waals surface area (Å²) in [5.74, 6) is -0.468. The third-order valence-electron chi connectivity index (χ3n) is 4.27. The lowest BCUT2D eigenvalue weighted by molar-refractivity contribution is 0.312. The Morgan fingerprint density at radius 3 is 2.68 bits per heavy atom. The van der Waals surface area contributed by atoms with Crippen LogP contribution in [-0.2, 0) is 13.0 Å². The van der Waals surface area contributed by atoms with Gasteiger partial charge < -0.3 is 9.47 Å². The minimum Gasteiger partial charge on any atom is -0.337 e. The summed E-state index contributed by atoms with van der Waals surface area (Å²) in [7, 11) is 0. The number of halogens is 2. The predicted octanol–water partition coefficient (Wildman–Crippen LogP) is 3.12. The van der Waals surface area contributed by atoms with Crippen LogP contribution in [0.25, 0.3) is 0 Å². The second kappa shape index (κ2) is 7.01. The molecule has 5 heteroatoms. The summed E-state index contributed by atoms with van der Waals surface area (Å²) >= 11 is 0. The van der Waals surface area contributed by atoms with E-state index in [1.807, 2.05) is 12.5 Å². The lowest BCUT2D eigenvalue weighted by Crippen LogP contribution is -2.23. The number of nitrogens with zero attached hydrogens (tertiary/aromatic N) is 3. The normalized spacial score (nSPS) is 18.9. The number of likely N-dealkylation sites (tertiary alicyclic amines) is 1. The van der Waals surface area contributed by atoms with Gasteiger partial charge in [-0.1, -0.05) is 0 Å². The Morgan fingerprint density at radius 1 is 1.14 bits per heavy atom. The summed E-state index contributed by atoms with van der Waals surface area (Å²) < 4.78 is 28.5. The van der Waals surface area contributed by atoms with Crippen molar-refractivity contribution in [2.45, 2.75) is 25.8 Å². The summed E-state index contributed by atoms with van der Waals surface area (Å²) in [6, 6.07) is 3.83. The Labute approximate surface area is 129 Å². The smallest absolute Gasteiger partial charge is 0.126 e. The lowest BCUT2D eigenvalue weighted by atomic mass is 9.98. The highest BCUT2D eigenvalue weighted by atomic mass is 19.1. The highest BCUT2D eigenvalue weighted by Gasteiger charge is 2.22. The Kier molecular flexibility index (Phi) is 4.83. The maximum absolute atomic E-state index is 13.2. The molecule has 0 N–H and O–H groups in total. The van der Waals surface area contributed by atoms with Crippen molar-refractivity contribution in [3.05, 3.63) is 54.1 Å². The van der Waals surface area contributed by atoms with Gasteiger partial charge in [0, 0.05) is 31.5 Å². The second-order valence-corrected chi connectivity index (χ2v) is 6.09. The van der Waals surface area contributed by atoms with Crippen LogP contribution >= 0.6 is 0 Å². The van der Waals surface area contributed by atoms with Crippen molar-refractivity contribution in [1.29, 1.82) is 0 Å². The molecule has 1 aliphatic heterocycles. The van der Waals surface area contributed by atoms with Crippen LogP contribution in [0.4, 0.5) is 8.78 Å². The van der Waals surface area contributed by atoms with Crippen molar-refractivity contribution in [3.63, 3.8) is 0 Å². The first-order valence-corrected chi connectivity index (χ1v) is 7.82. The number of aryl methyl sites for hydroxylation is 1. The minimum atomic E-state index is -0.481. The first-order valence-electron chi connectivity index (χ1n) is 7.82. The van der Waals surface area contributed by atoms with Crippen molar-refractivity contribution in [2.24, 2.45) is 5.92 Å². The van der Waals surface area contributed by atoms with Crippen LogP contribution in [0.1, 0.15) is 18.4 Å². The van der Waals surface area contributed by atoms with Crippen molar-refractivity contribution >= 4 is 0 Å². The maximum Gasteiger partial charge on any atom is 0.126 e. The summed E-state index contributed by atoms with van der Waals surface area (Å²) in [5, 5.41) is 0. The molecule has 1 fully saturated rings. The molecule has 2 aromatic rings. The van der Waals surface area contributed by atoms with Crippen molar-refractivity contribution in [3.8, 4) is 0 Å². The van der Waals surface area contributed by atoms with E-state index in [2.05, 4.69) is 14.5 Å². The number of hydrogen-bond donors (Lipinski definition) is 0. The molecular weight excluding hydrogens is 284 g/mol.